The van der Waals surface area contributed by atoms with Crippen LogP contribution in [0.3, 0.4) is 0 Å². The Labute approximate surface area is 99.5 Å². The predicted molar refractivity (Wildman–Crippen MR) is 61.2 cm³/mol. The maximum absolute atomic E-state index is 12.6. The van der Waals surface area contributed by atoms with Crippen LogP contribution in [-0.4, -0.2) is 25.7 Å². The van der Waals surface area contributed by atoms with Crippen molar-refractivity contribution >= 4 is 10.0 Å². The first kappa shape index (κ1) is 12.5. The fourth-order valence-corrected chi connectivity index (χ4v) is 3.19. The minimum Gasteiger partial charge on any atom is -0.393 e. The summed E-state index contributed by atoms with van der Waals surface area (Å²) in [6, 6.07) is 5.19. The van der Waals surface area contributed by atoms with Gasteiger partial charge in [-0.1, -0.05) is 12.1 Å². The average Bonchev–Trinajstić information content (AvgIpc) is 2.18. The van der Waals surface area contributed by atoms with Crippen molar-refractivity contribution in [1.29, 1.82) is 0 Å². The Bertz CT molecular complexity index is 480. The second-order valence-corrected chi connectivity index (χ2v) is 6.08. The van der Waals surface area contributed by atoms with Crippen LogP contribution in [0.4, 0.5) is 4.39 Å². The van der Waals surface area contributed by atoms with Crippen LogP contribution in [0, 0.1) is 5.82 Å². The molecule has 0 atom stereocenters. The molecule has 2 rings (SSSR count). The topological polar surface area (TPSA) is 66.4 Å². The highest BCUT2D eigenvalue weighted by Gasteiger charge is 2.30. The van der Waals surface area contributed by atoms with Crippen LogP contribution in [0.5, 0.6) is 0 Å². The Balaban J connectivity index is 1.95. The molecule has 0 radical (unpaired) electrons. The van der Waals surface area contributed by atoms with Gasteiger partial charge in [-0.15, -0.1) is 0 Å². The third-order valence-corrected chi connectivity index (χ3v) is 4.14. The van der Waals surface area contributed by atoms with Gasteiger partial charge in [0.15, 0.2) is 0 Å². The SMILES string of the molecule is O=S(=O)(Cc1ccc(F)cc1)NC1CC(O)C1. The van der Waals surface area contributed by atoms with Crippen molar-refractivity contribution in [3.05, 3.63) is 35.6 Å². The summed E-state index contributed by atoms with van der Waals surface area (Å²) in [6.07, 6.45) is 0.527. The molecule has 1 aromatic carbocycles. The predicted octanol–water partition coefficient (Wildman–Crippen LogP) is 0.768. The average molecular weight is 259 g/mol. The molecule has 17 heavy (non-hydrogen) atoms. The molecule has 1 aromatic rings. The second-order valence-electron chi connectivity index (χ2n) is 4.33. The lowest BCUT2D eigenvalue weighted by molar-refractivity contribution is 0.0712. The van der Waals surface area contributed by atoms with E-state index in [0.29, 0.717) is 18.4 Å². The maximum Gasteiger partial charge on any atom is 0.216 e. The van der Waals surface area contributed by atoms with Crippen molar-refractivity contribution in [3.8, 4) is 0 Å². The molecular formula is C11H14FNO3S. The Morgan fingerprint density at radius 1 is 1.29 bits per heavy atom. The lowest BCUT2D eigenvalue weighted by Crippen LogP contribution is -2.46. The Kier molecular flexibility index (Phi) is 3.46. The van der Waals surface area contributed by atoms with E-state index < -0.39 is 16.1 Å². The summed E-state index contributed by atoms with van der Waals surface area (Å²) in [5.74, 6) is -0.555. The summed E-state index contributed by atoms with van der Waals surface area (Å²) in [6.45, 7) is 0. The van der Waals surface area contributed by atoms with Crippen LogP contribution in [-0.2, 0) is 15.8 Å². The van der Waals surface area contributed by atoms with Gasteiger partial charge in [0.2, 0.25) is 10.0 Å². The van der Waals surface area contributed by atoms with Gasteiger partial charge in [0.1, 0.15) is 5.82 Å². The summed E-state index contributed by atoms with van der Waals surface area (Å²) in [5.41, 5.74) is 0.541. The van der Waals surface area contributed by atoms with E-state index in [1.165, 1.54) is 24.3 Å². The number of aliphatic hydroxyl groups excluding tert-OH is 1. The van der Waals surface area contributed by atoms with E-state index in [0.717, 1.165) is 0 Å². The molecule has 0 amide bonds. The second kappa shape index (κ2) is 4.72. The Morgan fingerprint density at radius 3 is 2.41 bits per heavy atom. The smallest absolute Gasteiger partial charge is 0.216 e. The van der Waals surface area contributed by atoms with Crippen LogP contribution in [0.2, 0.25) is 0 Å². The molecule has 4 nitrogen and oxygen atoms in total. The number of aliphatic hydroxyl groups is 1. The molecule has 0 heterocycles. The third kappa shape index (κ3) is 3.49. The molecule has 1 aliphatic carbocycles. The molecule has 0 bridgehead atoms. The van der Waals surface area contributed by atoms with Gasteiger partial charge in [-0.2, -0.15) is 0 Å². The van der Waals surface area contributed by atoms with E-state index in [2.05, 4.69) is 4.72 Å². The minimum atomic E-state index is -3.41. The zero-order valence-electron chi connectivity index (χ0n) is 9.14. The van der Waals surface area contributed by atoms with Crippen molar-refractivity contribution in [2.24, 2.45) is 0 Å². The zero-order chi connectivity index (χ0) is 12.5. The van der Waals surface area contributed by atoms with Crippen LogP contribution in [0.15, 0.2) is 24.3 Å². The fourth-order valence-electron chi connectivity index (χ4n) is 1.78. The number of sulfonamides is 1. The van der Waals surface area contributed by atoms with Crippen molar-refractivity contribution < 1.29 is 17.9 Å². The largest absolute Gasteiger partial charge is 0.393 e. The van der Waals surface area contributed by atoms with Crippen LogP contribution < -0.4 is 4.72 Å². The van der Waals surface area contributed by atoms with Gasteiger partial charge < -0.3 is 5.11 Å². The number of hydrogen-bond acceptors (Lipinski definition) is 3. The monoisotopic (exact) mass is 259 g/mol. The summed E-state index contributed by atoms with van der Waals surface area (Å²) in [7, 11) is -3.41. The third-order valence-electron chi connectivity index (χ3n) is 2.73. The van der Waals surface area contributed by atoms with Crippen LogP contribution in [0.25, 0.3) is 0 Å². The number of benzene rings is 1. The molecular weight excluding hydrogens is 245 g/mol. The van der Waals surface area contributed by atoms with Crippen molar-refractivity contribution in [2.75, 3.05) is 0 Å². The Hall–Kier alpha value is -0.980. The van der Waals surface area contributed by atoms with E-state index in [1.54, 1.807) is 0 Å². The van der Waals surface area contributed by atoms with Crippen LogP contribution in [0.1, 0.15) is 18.4 Å². The fraction of sp³-hybridized carbons (Fsp3) is 0.455. The van der Waals surface area contributed by atoms with Gasteiger partial charge in [-0.3, -0.25) is 0 Å². The van der Waals surface area contributed by atoms with Crippen molar-refractivity contribution in [2.45, 2.75) is 30.7 Å². The van der Waals surface area contributed by atoms with E-state index >= 15 is 0 Å². The molecule has 0 aliphatic heterocycles. The van der Waals surface area contributed by atoms with E-state index in [-0.39, 0.29) is 17.6 Å². The highest BCUT2D eigenvalue weighted by atomic mass is 32.2. The highest BCUT2D eigenvalue weighted by Crippen LogP contribution is 2.20. The molecule has 1 saturated carbocycles. The molecule has 1 aliphatic rings. The lowest BCUT2D eigenvalue weighted by atomic mass is 9.91. The molecule has 0 spiro atoms. The van der Waals surface area contributed by atoms with Gasteiger partial charge in [0.25, 0.3) is 0 Å². The maximum atomic E-state index is 12.6. The molecule has 1 fully saturated rings. The first-order valence-electron chi connectivity index (χ1n) is 5.37. The summed E-state index contributed by atoms with van der Waals surface area (Å²) in [5, 5.41) is 9.06. The molecule has 94 valence electrons. The standard InChI is InChI=1S/C11H14FNO3S/c12-9-3-1-8(2-4-9)7-17(15,16)13-10-5-11(14)6-10/h1-4,10-11,13-14H,5-7H2. The molecule has 6 heteroatoms. The number of halogens is 1. The summed E-state index contributed by atoms with van der Waals surface area (Å²) in [4.78, 5) is 0. The first-order chi connectivity index (χ1) is 7.94. The van der Waals surface area contributed by atoms with E-state index in [4.69, 9.17) is 5.11 Å². The van der Waals surface area contributed by atoms with Crippen LogP contribution >= 0.6 is 0 Å². The number of rotatable bonds is 4. The quantitative estimate of drug-likeness (QED) is 0.839. The van der Waals surface area contributed by atoms with Gasteiger partial charge in [0.05, 0.1) is 11.9 Å². The molecule has 0 saturated heterocycles. The number of nitrogens with one attached hydrogen (secondary N) is 1. The van der Waals surface area contributed by atoms with Gasteiger partial charge in [0, 0.05) is 6.04 Å². The minimum absolute atomic E-state index is 0.167. The molecule has 0 aromatic heterocycles. The van der Waals surface area contributed by atoms with Crippen molar-refractivity contribution in [1.82, 2.24) is 4.72 Å². The summed E-state index contributed by atoms with van der Waals surface area (Å²) >= 11 is 0. The number of hydrogen-bond donors (Lipinski definition) is 2. The highest BCUT2D eigenvalue weighted by molar-refractivity contribution is 7.88. The van der Waals surface area contributed by atoms with Gasteiger partial charge in [-0.05, 0) is 30.5 Å². The van der Waals surface area contributed by atoms with E-state index in [1.807, 2.05) is 0 Å². The van der Waals surface area contributed by atoms with Gasteiger partial charge in [-0.25, -0.2) is 17.5 Å². The van der Waals surface area contributed by atoms with E-state index in [9.17, 15) is 12.8 Å². The van der Waals surface area contributed by atoms with Crippen molar-refractivity contribution in [3.63, 3.8) is 0 Å². The molecule has 0 unspecified atom stereocenters. The normalized spacial score (nSPS) is 24.4. The molecule has 2 N–H and O–H groups in total. The first-order valence-corrected chi connectivity index (χ1v) is 7.02. The summed E-state index contributed by atoms with van der Waals surface area (Å²) < 4.78 is 38.6. The Morgan fingerprint density at radius 2 is 1.88 bits per heavy atom. The lowest BCUT2D eigenvalue weighted by Gasteiger charge is -2.31. The zero-order valence-corrected chi connectivity index (χ0v) is 9.95. The van der Waals surface area contributed by atoms with Gasteiger partial charge >= 0.3 is 0 Å².